The fourth-order valence-electron chi connectivity index (χ4n) is 2.72. The van der Waals surface area contributed by atoms with Crippen molar-refractivity contribution in [2.24, 2.45) is 0 Å². The molecule has 0 aliphatic heterocycles. The fraction of sp³-hybridized carbons (Fsp3) is 0.158. The molecule has 0 saturated heterocycles. The van der Waals surface area contributed by atoms with E-state index in [-0.39, 0.29) is 23.3 Å². The molecule has 0 bridgehead atoms. The molecule has 0 radical (unpaired) electrons. The van der Waals surface area contributed by atoms with Crippen LogP contribution >= 0.6 is 0 Å². The number of nitro groups is 1. The Morgan fingerprint density at radius 2 is 1.97 bits per heavy atom. The van der Waals surface area contributed by atoms with E-state index in [0.29, 0.717) is 5.69 Å². The number of fused-ring (bicyclic) bond motifs is 1. The number of rotatable bonds is 7. The second-order valence-corrected chi connectivity index (χ2v) is 6.00. The topological polar surface area (TPSA) is 149 Å². The van der Waals surface area contributed by atoms with E-state index >= 15 is 0 Å². The van der Waals surface area contributed by atoms with E-state index in [0.717, 1.165) is 15.5 Å². The summed E-state index contributed by atoms with van der Waals surface area (Å²) >= 11 is 0. The van der Waals surface area contributed by atoms with Crippen molar-refractivity contribution in [2.45, 2.75) is 6.54 Å². The van der Waals surface area contributed by atoms with E-state index < -0.39 is 35.7 Å². The molecule has 0 unspecified atom stereocenters. The van der Waals surface area contributed by atoms with Crippen molar-refractivity contribution < 1.29 is 23.7 Å². The number of aromatic nitrogens is 1. The van der Waals surface area contributed by atoms with E-state index in [1.165, 1.54) is 12.1 Å². The Balaban J connectivity index is 1.69. The predicted octanol–water partition coefficient (Wildman–Crippen LogP) is 1.60. The normalized spacial score (nSPS) is 10.4. The lowest BCUT2D eigenvalue weighted by atomic mass is 10.3. The zero-order valence-electron chi connectivity index (χ0n) is 15.4. The van der Waals surface area contributed by atoms with Gasteiger partial charge in [-0.05, 0) is 18.2 Å². The first-order chi connectivity index (χ1) is 14.4. The number of oxazole rings is 1. The molecule has 152 valence electrons. The molecule has 1 amide bonds. The van der Waals surface area contributed by atoms with Crippen LogP contribution in [0.1, 0.15) is 0 Å². The van der Waals surface area contributed by atoms with Crippen LogP contribution in [0.25, 0.3) is 11.1 Å². The van der Waals surface area contributed by atoms with Crippen molar-refractivity contribution in [3.63, 3.8) is 0 Å². The monoisotopic (exact) mass is 410 g/mol. The number of nitro benzene ring substituents is 1. The summed E-state index contributed by atoms with van der Waals surface area (Å²) in [7, 11) is 0. The summed E-state index contributed by atoms with van der Waals surface area (Å²) in [5.41, 5.74) is 0.320. The Kier molecular flexibility index (Phi) is 5.88. The highest BCUT2D eigenvalue weighted by atomic mass is 16.6. The van der Waals surface area contributed by atoms with Crippen LogP contribution in [0.3, 0.4) is 0 Å². The molecule has 1 heterocycles. The Morgan fingerprint density at radius 1 is 1.23 bits per heavy atom. The summed E-state index contributed by atoms with van der Waals surface area (Å²) in [6.07, 6.45) is 0. The summed E-state index contributed by atoms with van der Waals surface area (Å²) in [6.45, 7) is -1.42. The smallest absolute Gasteiger partial charge is 0.420 e. The molecule has 11 heteroatoms. The minimum Gasteiger partial charge on any atom is -0.454 e. The lowest BCUT2D eigenvalue weighted by Gasteiger charge is -2.19. The number of nitriles is 1. The molecule has 0 fully saturated rings. The second kappa shape index (κ2) is 8.70. The zero-order valence-corrected chi connectivity index (χ0v) is 15.4. The van der Waals surface area contributed by atoms with Gasteiger partial charge in [-0.2, -0.15) is 5.26 Å². The van der Waals surface area contributed by atoms with Gasteiger partial charge >= 0.3 is 11.7 Å². The highest BCUT2D eigenvalue weighted by Gasteiger charge is 2.20. The number of non-ortho nitro benzene ring substituents is 1. The lowest BCUT2D eigenvalue weighted by molar-refractivity contribution is -0.384. The number of nitrogens with zero attached hydrogens (tertiary/aromatic N) is 4. The van der Waals surface area contributed by atoms with Crippen molar-refractivity contribution >= 4 is 34.4 Å². The largest absolute Gasteiger partial charge is 0.454 e. The van der Waals surface area contributed by atoms with Crippen LogP contribution in [0, 0.1) is 21.4 Å². The van der Waals surface area contributed by atoms with Crippen molar-refractivity contribution in [2.75, 3.05) is 18.1 Å². The van der Waals surface area contributed by atoms with Crippen LogP contribution in [0.15, 0.2) is 57.7 Å². The Morgan fingerprint density at radius 3 is 2.63 bits per heavy atom. The van der Waals surface area contributed by atoms with Gasteiger partial charge in [-0.15, -0.1) is 0 Å². The molecule has 3 rings (SSSR count). The van der Waals surface area contributed by atoms with Crippen molar-refractivity contribution in [1.29, 1.82) is 5.26 Å². The SMILES string of the molecule is N#CCN(C(=O)COC(=O)Cn1c(=O)oc2cc([N+](=O)[O-])ccc21)c1ccccc1. The molecule has 3 aromatic rings. The third-order valence-corrected chi connectivity index (χ3v) is 4.10. The van der Waals surface area contributed by atoms with Gasteiger partial charge in [0.25, 0.3) is 11.6 Å². The van der Waals surface area contributed by atoms with Crippen molar-refractivity contribution in [3.05, 3.63) is 69.2 Å². The first-order valence-corrected chi connectivity index (χ1v) is 8.56. The van der Waals surface area contributed by atoms with Gasteiger partial charge in [-0.3, -0.25) is 29.2 Å². The fourth-order valence-corrected chi connectivity index (χ4v) is 2.72. The van der Waals surface area contributed by atoms with Crippen LogP contribution in [-0.4, -0.2) is 34.5 Å². The number of amides is 1. The van der Waals surface area contributed by atoms with Gasteiger partial charge < -0.3 is 9.15 Å². The van der Waals surface area contributed by atoms with E-state index in [9.17, 15) is 24.5 Å². The molecule has 0 aliphatic carbocycles. The first-order valence-electron chi connectivity index (χ1n) is 8.56. The van der Waals surface area contributed by atoms with Gasteiger partial charge in [0, 0.05) is 11.8 Å². The van der Waals surface area contributed by atoms with Crippen LogP contribution in [0.5, 0.6) is 0 Å². The maximum absolute atomic E-state index is 12.4. The minimum atomic E-state index is -0.899. The third kappa shape index (κ3) is 4.33. The van der Waals surface area contributed by atoms with E-state index in [4.69, 9.17) is 14.4 Å². The molecule has 0 atom stereocenters. The molecule has 30 heavy (non-hydrogen) atoms. The van der Waals surface area contributed by atoms with Gasteiger partial charge in [-0.25, -0.2) is 4.79 Å². The number of anilines is 1. The van der Waals surface area contributed by atoms with E-state index in [1.807, 2.05) is 6.07 Å². The number of esters is 1. The van der Waals surface area contributed by atoms with Crippen LogP contribution < -0.4 is 10.7 Å². The number of hydrogen-bond donors (Lipinski definition) is 0. The number of carbonyl (C=O) groups is 2. The summed E-state index contributed by atoms with van der Waals surface area (Å²) in [6, 6.07) is 13.8. The first kappa shape index (κ1) is 20.3. The highest BCUT2D eigenvalue weighted by molar-refractivity contribution is 5.95. The Labute approximate surface area is 168 Å². The van der Waals surface area contributed by atoms with E-state index in [2.05, 4.69) is 0 Å². The number of carbonyl (C=O) groups excluding carboxylic acids is 2. The molecule has 0 N–H and O–H groups in total. The van der Waals surface area contributed by atoms with Crippen LogP contribution in [-0.2, 0) is 20.9 Å². The summed E-state index contributed by atoms with van der Waals surface area (Å²) in [4.78, 5) is 47.8. The van der Waals surface area contributed by atoms with Gasteiger partial charge in [0.1, 0.15) is 13.1 Å². The summed E-state index contributed by atoms with van der Waals surface area (Å²) in [5.74, 6) is -2.41. The number of para-hydroxylation sites is 1. The Bertz CT molecular complexity index is 1210. The lowest BCUT2D eigenvalue weighted by Crippen LogP contribution is -2.35. The average Bonchev–Trinajstić information content (AvgIpc) is 3.05. The average molecular weight is 410 g/mol. The standard InChI is InChI=1S/C19H14N4O7/c20-8-9-21(13-4-2-1-3-5-13)17(24)12-29-18(25)11-22-15-7-6-14(23(27)28)10-16(15)30-19(22)26/h1-7,10H,9,11-12H2. The van der Waals surface area contributed by atoms with E-state index in [1.54, 1.807) is 30.3 Å². The third-order valence-electron chi connectivity index (χ3n) is 4.10. The molecule has 0 aliphatic rings. The molecular formula is C19H14N4O7. The quantitative estimate of drug-likeness (QED) is 0.247. The highest BCUT2D eigenvalue weighted by Crippen LogP contribution is 2.20. The molecule has 1 aromatic heterocycles. The predicted molar refractivity (Wildman–Crippen MR) is 102 cm³/mol. The second-order valence-electron chi connectivity index (χ2n) is 6.00. The molecule has 2 aromatic carbocycles. The van der Waals surface area contributed by atoms with Crippen molar-refractivity contribution in [1.82, 2.24) is 4.57 Å². The maximum Gasteiger partial charge on any atom is 0.420 e. The van der Waals surface area contributed by atoms with Crippen molar-refractivity contribution in [3.8, 4) is 6.07 Å². The molecule has 0 saturated carbocycles. The minimum absolute atomic E-state index is 0.0534. The molecule has 0 spiro atoms. The van der Waals surface area contributed by atoms with Gasteiger partial charge in [-0.1, -0.05) is 18.2 Å². The number of ether oxygens (including phenoxy) is 1. The maximum atomic E-state index is 12.4. The van der Waals surface area contributed by atoms with Crippen LogP contribution in [0.4, 0.5) is 11.4 Å². The molecule has 11 nitrogen and oxygen atoms in total. The summed E-state index contributed by atoms with van der Waals surface area (Å²) in [5, 5.41) is 19.8. The van der Waals surface area contributed by atoms with Gasteiger partial charge in [0.2, 0.25) is 0 Å². The van der Waals surface area contributed by atoms with Crippen LogP contribution in [0.2, 0.25) is 0 Å². The zero-order chi connectivity index (χ0) is 21.7. The Hall–Kier alpha value is -4.46. The van der Waals surface area contributed by atoms with Gasteiger partial charge in [0.15, 0.2) is 12.2 Å². The number of hydrogen-bond acceptors (Lipinski definition) is 8. The molecular weight excluding hydrogens is 396 g/mol. The summed E-state index contributed by atoms with van der Waals surface area (Å²) < 4.78 is 10.8. The number of benzene rings is 2. The van der Waals surface area contributed by atoms with Gasteiger partial charge in [0.05, 0.1) is 22.6 Å².